The van der Waals surface area contributed by atoms with E-state index in [0.29, 0.717) is 34.3 Å². The Morgan fingerprint density at radius 2 is 1.81 bits per heavy atom. The first-order chi connectivity index (χ1) is 13.1. The third-order valence-electron chi connectivity index (χ3n) is 4.29. The molecule has 4 nitrogen and oxygen atoms in total. The number of phenols is 1. The molecule has 0 unspecified atom stereocenters. The molecule has 0 atom stereocenters. The molecule has 2 aromatic heterocycles. The number of aromatic hydroxyl groups is 1. The van der Waals surface area contributed by atoms with Crippen molar-refractivity contribution in [3.8, 4) is 16.9 Å². The zero-order valence-corrected chi connectivity index (χ0v) is 14.2. The van der Waals surface area contributed by atoms with Crippen LogP contribution < -0.4 is 5.32 Å². The van der Waals surface area contributed by atoms with Crippen molar-refractivity contribution in [1.82, 2.24) is 9.97 Å². The molecule has 0 amide bonds. The summed E-state index contributed by atoms with van der Waals surface area (Å²) in [4.78, 5) is 8.58. The normalized spacial score (nSPS) is 10.9. The highest BCUT2D eigenvalue weighted by molar-refractivity contribution is 6.02. The molecule has 134 valence electrons. The molecular weight excluding hydrogens is 348 g/mol. The van der Waals surface area contributed by atoms with E-state index in [9.17, 15) is 13.9 Å². The molecule has 2 aromatic carbocycles. The fourth-order valence-corrected chi connectivity index (χ4v) is 2.97. The summed E-state index contributed by atoms with van der Waals surface area (Å²) in [6, 6.07) is 14.3. The molecule has 0 saturated carbocycles. The molecule has 2 heterocycles. The number of benzene rings is 2. The number of nitrogens with one attached hydrogen (secondary N) is 1. The number of halogens is 2. The van der Waals surface area contributed by atoms with Gasteiger partial charge in [0.2, 0.25) is 0 Å². The van der Waals surface area contributed by atoms with Crippen molar-refractivity contribution in [3.05, 3.63) is 84.3 Å². The second kappa shape index (κ2) is 6.99. The van der Waals surface area contributed by atoms with E-state index in [1.807, 2.05) is 18.2 Å². The summed E-state index contributed by atoms with van der Waals surface area (Å²) < 4.78 is 28.4. The summed E-state index contributed by atoms with van der Waals surface area (Å²) >= 11 is 0. The van der Waals surface area contributed by atoms with E-state index in [1.165, 1.54) is 18.2 Å². The van der Waals surface area contributed by atoms with Gasteiger partial charge in [0.25, 0.3) is 0 Å². The number of fused-ring (bicyclic) bond motifs is 1. The van der Waals surface area contributed by atoms with Crippen LogP contribution in [0.3, 0.4) is 0 Å². The third-order valence-corrected chi connectivity index (χ3v) is 4.29. The Hall–Kier alpha value is -3.54. The van der Waals surface area contributed by atoms with Crippen LogP contribution in [-0.2, 0) is 6.54 Å². The van der Waals surface area contributed by atoms with E-state index in [-0.39, 0.29) is 0 Å². The minimum absolute atomic E-state index is 0.319. The van der Waals surface area contributed by atoms with Gasteiger partial charge in [-0.05, 0) is 41.3 Å². The molecule has 4 rings (SSSR count). The lowest BCUT2D eigenvalue weighted by Crippen LogP contribution is -2.04. The Labute approximate surface area is 154 Å². The predicted molar refractivity (Wildman–Crippen MR) is 100 cm³/mol. The third kappa shape index (κ3) is 3.29. The molecule has 0 aliphatic rings. The van der Waals surface area contributed by atoms with Gasteiger partial charge >= 0.3 is 0 Å². The van der Waals surface area contributed by atoms with Gasteiger partial charge in [0.15, 0.2) is 11.6 Å². The lowest BCUT2D eigenvalue weighted by molar-refractivity contribution is 0.432. The molecule has 27 heavy (non-hydrogen) atoms. The van der Waals surface area contributed by atoms with Crippen LogP contribution in [0.4, 0.5) is 14.6 Å². The zero-order chi connectivity index (χ0) is 18.8. The second-order valence-corrected chi connectivity index (χ2v) is 6.02. The van der Waals surface area contributed by atoms with Crippen molar-refractivity contribution in [3.63, 3.8) is 0 Å². The Bertz CT molecular complexity index is 1120. The monoisotopic (exact) mass is 363 g/mol. The molecule has 6 heteroatoms. The van der Waals surface area contributed by atoms with Gasteiger partial charge in [-0.25, -0.2) is 13.8 Å². The van der Waals surface area contributed by atoms with Gasteiger partial charge < -0.3 is 10.4 Å². The second-order valence-electron chi connectivity index (χ2n) is 6.02. The molecule has 0 spiro atoms. The van der Waals surface area contributed by atoms with Crippen molar-refractivity contribution in [1.29, 1.82) is 0 Å². The van der Waals surface area contributed by atoms with Crippen LogP contribution in [0.2, 0.25) is 0 Å². The summed E-state index contributed by atoms with van der Waals surface area (Å²) in [6.07, 6.45) is 3.25. The number of nitrogens with zero attached hydrogens (tertiary/aromatic N) is 2. The van der Waals surface area contributed by atoms with Crippen molar-refractivity contribution in [2.45, 2.75) is 6.54 Å². The lowest BCUT2D eigenvalue weighted by Gasteiger charge is -2.13. The molecular formula is C21H15F2N3O. The smallest absolute Gasteiger partial charge is 0.165 e. The first-order valence-corrected chi connectivity index (χ1v) is 8.33. The van der Waals surface area contributed by atoms with Gasteiger partial charge in [0.05, 0.1) is 17.6 Å². The van der Waals surface area contributed by atoms with E-state index >= 15 is 0 Å². The maximum atomic E-state index is 14.6. The molecule has 4 aromatic rings. The van der Waals surface area contributed by atoms with Crippen molar-refractivity contribution >= 4 is 16.6 Å². The molecule has 0 aliphatic heterocycles. The minimum Gasteiger partial charge on any atom is -0.505 e. The molecule has 0 fully saturated rings. The minimum atomic E-state index is -0.741. The SMILES string of the molecule is Oc1ccc(-c2cnc(NCc3ccccn3)c3c(F)cccc23)cc1F. The van der Waals surface area contributed by atoms with Crippen molar-refractivity contribution in [2.24, 2.45) is 0 Å². The summed E-state index contributed by atoms with van der Waals surface area (Å²) in [5, 5.41) is 13.4. The highest BCUT2D eigenvalue weighted by Crippen LogP contribution is 2.34. The van der Waals surface area contributed by atoms with Gasteiger partial charge in [-0.15, -0.1) is 0 Å². The van der Waals surface area contributed by atoms with Gasteiger partial charge in [-0.2, -0.15) is 0 Å². The molecule has 0 aliphatic carbocycles. The maximum Gasteiger partial charge on any atom is 0.165 e. The molecule has 0 radical (unpaired) electrons. The fraction of sp³-hybridized carbons (Fsp3) is 0.0476. The van der Waals surface area contributed by atoms with Crippen molar-refractivity contribution < 1.29 is 13.9 Å². The molecule has 0 bridgehead atoms. The van der Waals surface area contributed by atoms with E-state index < -0.39 is 17.4 Å². The van der Waals surface area contributed by atoms with Crippen LogP contribution in [0.15, 0.2) is 67.0 Å². The Morgan fingerprint density at radius 3 is 2.59 bits per heavy atom. The van der Waals surface area contributed by atoms with Crippen LogP contribution in [0.5, 0.6) is 5.75 Å². The number of rotatable bonds is 4. The van der Waals surface area contributed by atoms with Gasteiger partial charge in [-0.1, -0.05) is 24.3 Å². The van der Waals surface area contributed by atoms with E-state index in [1.54, 1.807) is 30.6 Å². The topological polar surface area (TPSA) is 58.0 Å². The summed E-state index contributed by atoms with van der Waals surface area (Å²) in [5.74, 6) is -1.22. The van der Waals surface area contributed by atoms with Crippen LogP contribution in [-0.4, -0.2) is 15.1 Å². The zero-order valence-electron chi connectivity index (χ0n) is 14.2. The van der Waals surface area contributed by atoms with Gasteiger partial charge in [-0.3, -0.25) is 4.98 Å². The Morgan fingerprint density at radius 1 is 0.926 bits per heavy atom. The highest BCUT2D eigenvalue weighted by atomic mass is 19.1. The van der Waals surface area contributed by atoms with E-state index in [2.05, 4.69) is 15.3 Å². The van der Waals surface area contributed by atoms with Gasteiger partial charge in [0, 0.05) is 18.0 Å². The highest BCUT2D eigenvalue weighted by Gasteiger charge is 2.14. The van der Waals surface area contributed by atoms with Crippen LogP contribution in [0, 0.1) is 11.6 Å². The summed E-state index contributed by atoms with van der Waals surface area (Å²) in [7, 11) is 0. The van der Waals surface area contributed by atoms with Crippen LogP contribution in [0.1, 0.15) is 5.69 Å². The Kier molecular flexibility index (Phi) is 4.38. The number of aromatic nitrogens is 2. The van der Waals surface area contributed by atoms with E-state index in [4.69, 9.17) is 0 Å². The predicted octanol–water partition coefficient (Wildman–Crippen LogP) is 4.89. The van der Waals surface area contributed by atoms with Gasteiger partial charge in [0.1, 0.15) is 11.6 Å². The van der Waals surface area contributed by atoms with Crippen molar-refractivity contribution in [2.75, 3.05) is 5.32 Å². The number of anilines is 1. The van der Waals surface area contributed by atoms with Crippen LogP contribution in [0.25, 0.3) is 21.9 Å². The lowest BCUT2D eigenvalue weighted by atomic mass is 10.00. The van der Waals surface area contributed by atoms with E-state index in [0.717, 1.165) is 5.69 Å². The average Bonchev–Trinajstić information content (AvgIpc) is 2.69. The number of pyridine rings is 2. The quantitative estimate of drug-likeness (QED) is 0.542. The number of hydrogen-bond donors (Lipinski definition) is 2. The first-order valence-electron chi connectivity index (χ1n) is 8.33. The fourth-order valence-electron chi connectivity index (χ4n) is 2.97. The number of hydrogen-bond acceptors (Lipinski definition) is 4. The molecule has 0 saturated heterocycles. The average molecular weight is 363 g/mol. The first kappa shape index (κ1) is 16.9. The largest absolute Gasteiger partial charge is 0.505 e. The summed E-state index contributed by atoms with van der Waals surface area (Å²) in [5.41, 5.74) is 1.88. The number of phenolic OH excluding ortho intramolecular Hbond substituents is 1. The molecule has 2 N–H and O–H groups in total. The summed E-state index contributed by atoms with van der Waals surface area (Å²) in [6.45, 7) is 0.393. The van der Waals surface area contributed by atoms with Crippen LogP contribution >= 0.6 is 0 Å². The standard InChI is InChI=1S/C21H15F2N3O/c22-17-6-3-5-15-16(13-7-8-19(27)18(23)10-13)12-26-21(20(15)17)25-11-14-4-1-2-9-24-14/h1-10,12,27H,11H2,(H,25,26). The Balaban J connectivity index is 1.80. The maximum absolute atomic E-state index is 14.6.